The molecule has 0 radical (unpaired) electrons. The minimum Gasteiger partial charge on any atom is -0.468 e. The van der Waals surface area contributed by atoms with Gasteiger partial charge in [-0.05, 0) is 50.3 Å². The quantitative estimate of drug-likeness (QED) is 0.845. The van der Waals surface area contributed by atoms with Crippen LogP contribution in [-0.2, 0) is 9.47 Å². The Hall–Kier alpha value is -1.52. The van der Waals surface area contributed by atoms with Gasteiger partial charge in [0.05, 0.1) is 6.54 Å². The molecule has 0 N–H and O–H groups in total. The first-order valence-electron chi connectivity index (χ1n) is 9.29. The van der Waals surface area contributed by atoms with E-state index in [9.17, 15) is 0 Å². The third kappa shape index (κ3) is 3.45. The van der Waals surface area contributed by atoms with Gasteiger partial charge in [0, 0.05) is 32.0 Å². The van der Waals surface area contributed by atoms with Crippen LogP contribution in [0.25, 0.3) is 0 Å². The molecule has 3 aliphatic heterocycles. The third-order valence-electron chi connectivity index (χ3n) is 5.47. The van der Waals surface area contributed by atoms with Gasteiger partial charge in [0.1, 0.15) is 5.76 Å². The Bertz CT molecular complexity index is 572. The molecule has 4 nitrogen and oxygen atoms in total. The summed E-state index contributed by atoms with van der Waals surface area (Å²) in [6, 6.07) is 9.03. The van der Waals surface area contributed by atoms with Gasteiger partial charge in [0.2, 0.25) is 0 Å². The highest BCUT2D eigenvalue weighted by Crippen LogP contribution is 2.33. The summed E-state index contributed by atoms with van der Waals surface area (Å²) in [6.07, 6.45) is 7.10. The second-order valence-corrected chi connectivity index (χ2v) is 7.27. The Morgan fingerprint density at radius 1 is 1.00 bits per heavy atom. The maximum absolute atomic E-state index is 6.23. The smallest absolute Gasteiger partial charge is 0.197 e. The van der Waals surface area contributed by atoms with E-state index < -0.39 is 0 Å². The van der Waals surface area contributed by atoms with Crippen molar-refractivity contribution in [2.45, 2.75) is 37.8 Å². The molecule has 4 heteroatoms. The molecule has 0 amide bonds. The molecule has 4 rings (SSSR count). The fraction of sp³-hybridized carbons (Fsp3) is 0.600. The summed E-state index contributed by atoms with van der Waals surface area (Å²) in [5.41, 5.74) is 2.67. The summed E-state index contributed by atoms with van der Waals surface area (Å²) in [5, 5.41) is 0. The van der Waals surface area contributed by atoms with Crippen molar-refractivity contribution in [3.8, 4) is 0 Å². The lowest BCUT2D eigenvalue weighted by Crippen LogP contribution is -2.22. The van der Waals surface area contributed by atoms with Gasteiger partial charge in [-0.2, -0.15) is 0 Å². The highest BCUT2D eigenvalue weighted by molar-refractivity contribution is 5.28. The van der Waals surface area contributed by atoms with Gasteiger partial charge in [-0.15, -0.1) is 0 Å². The highest BCUT2D eigenvalue weighted by Gasteiger charge is 2.27. The number of benzene rings is 1. The Morgan fingerprint density at radius 2 is 1.67 bits per heavy atom. The number of ether oxygens (including phenoxy) is 2. The largest absolute Gasteiger partial charge is 0.468 e. The molecule has 2 saturated heterocycles. The predicted molar refractivity (Wildman–Crippen MR) is 94.6 cm³/mol. The normalized spacial score (nSPS) is 25.8. The molecule has 0 bridgehead atoms. The van der Waals surface area contributed by atoms with Crippen molar-refractivity contribution in [1.82, 2.24) is 9.80 Å². The van der Waals surface area contributed by atoms with E-state index in [0.717, 1.165) is 38.4 Å². The molecule has 0 aliphatic carbocycles. The van der Waals surface area contributed by atoms with Crippen molar-refractivity contribution >= 4 is 0 Å². The molecule has 2 fully saturated rings. The zero-order chi connectivity index (χ0) is 16.4. The Labute approximate surface area is 145 Å². The average molecular weight is 328 g/mol. The second kappa shape index (κ2) is 7.16. The van der Waals surface area contributed by atoms with Crippen molar-refractivity contribution in [3.05, 3.63) is 47.4 Å². The van der Waals surface area contributed by atoms with Gasteiger partial charge >= 0.3 is 0 Å². The van der Waals surface area contributed by atoms with E-state index in [4.69, 9.17) is 9.47 Å². The van der Waals surface area contributed by atoms with Crippen LogP contribution in [0.5, 0.6) is 0 Å². The summed E-state index contributed by atoms with van der Waals surface area (Å²) in [4.78, 5) is 4.67. The topological polar surface area (TPSA) is 24.9 Å². The number of likely N-dealkylation sites (tertiary alicyclic amines) is 1. The summed E-state index contributed by atoms with van der Waals surface area (Å²) in [7, 11) is 2.11. The molecular formula is C20H28N2O2. The molecule has 130 valence electrons. The summed E-state index contributed by atoms with van der Waals surface area (Å²) < 4.78 is 11.7. The maximum atomic E-state index is 6.23. The van der Waals surface area contributed by atoms with E-state index in [1.807, 2.05) is 0 Å². The van der Waals surface area contributed by atoms with E-state index in [1.165, 1.54) is 37.1 Å². The standard InChI is InChI=1S/C20H28N2O2/c1-21-14-19(15-22-10-2-3-11-22)24-20(21)18-6-4-16(5-7-18)17-8-12-23-13-9-17/h4-7,14,17,20H,2-3,8-13,15H2,1H3. The van der Waals surface area contributed by atoms with E-state index in [1.54, 1.807) is 0 Å². The number of hydrogen-bond acceptors (Lipinski definition) is 4. The fourth-order valence-corrected chi connectivity index (χ4v) is 4.06. The second-order valence-electron chi connectivity index (χ2n) is 7.27. The first-order chi connectivity index (χ1) is 11.8. The monoisotopic (exact) mass is 328 g/mol. The van der Waals surface area contributed by atoms with Crippen molar-refractivity contribution in [2.24, 2.45) is 0 Å². The third-order valence-corrected chi connectivity index (χ3v) is 5.47. The minimum absolute atomic E-state index is 0.0198. The molecule has 1 atom stereocenters. The lowest BCUT2D eigenvalue weighted by molar-refractivity contribution is 0.0486. The van der Waals surface area contributed by atoms with Crippen molar-refractivity contribution in [1.29, 1.82) is 0 Å². The molecule has 0 saturated carbocycles. The highest BCUT2D eigenvalue weighted by atomic mass is 16.5. The van der Waals surface area contributed by atoms with Crippen LogP contribution in [0.15, 0.2) is 36.2 Å². The van der Waals surface area contributed by atoms with Crippen LogP contribution in [0.3, 0.4) is 0 Å². The predicted octanol–water partition coefficient (Wildman–Crippen LogP) is 3.48. The van der Waals surface area contributed by atoms with Gasteiger partial charge in [-0.3, -0.25) is 4.90 Å². The lowest BCUT2D eigenvalue weighted by atomic mass is 9.91. The molecule has 0 aromatic heterocycles. The zero-order valence-corrected chi connectivity index (χ0v) is 14.6. The summed E-state index contributed by atoms with van der Waals surface area (Å²) >= 11 is 0. The molecule has 1 aromatic carbocycles. The van der Waals surface area contributed by atoms with E-state index in [2.05, 4.69) is 47.3 Å². The average Bonchev–Trinajstić information content (AvgIpc) is 3.26. The lowest BCUT2D eigenvalue weighted by Gasteiger charge is -2.24. The zero-order valence-electron chi connectivity index (χ0n) is 14.6. The van der Waals surface area contributed by atoms with E-state index >= 15 is 0 Å². The van der Waals surface area contributed by atoms with E-state index in [0.29, 0.717) is 5.92 Å². The van der Waals surface area contributed by atoms with Crippen molar-refractivity contribution in [2.75, 3.05) is 39.9 Å². The van der Waals surface area contributed by atoms with Crippen LogP contribution >= 0.6 is 0 Å². The van der Waals surface area contributed by atoms with Crippen LogP contribution in [-0.4, -0.2) is 49.7 Å². The van der Waals surface area contributed by atoms with Gasteiger partial charge in [-0.25, -0.2) is 0 Å². The fourth-order valence-electron chi connectivity index (χ4n) is 4.06. The molecule has 24 heavy (non-hydrogen) atoms. The minimum atomic E-state index is 0.0198. The Morgan fingerprint density at radius 3 is 2.38 bits per heavy atom. The first kappa shape index (κ1) is 16.0. The summed E-state index contributed by atoms with van der Waals surface area (Å²) in [5.74, 6) is 1.75. The molecule has 3 heterocycles. The Kier molecular flexibility index (Phi) is 4.76. The van der Waals surface area contributed by atoms with Gasteiger partial charge in [-0.1, -0.05) is 24.3 Å². The van der Waals surface area contributed by atoms with Crippen LogP contribution in [0, 0.1) is 0 Å². The Balaban J connectivity index is 1.38. The molecule has 1 aromatic rings. The van der Waals surface area contributed by atoms with E-state index in [-0.39, 0.29) is 6.23 Å². The number of rotatable bonds is 4. The summed E-state index contributed by atoms with van der Waals surface area (Å²) in [6.45, 7) is 5.14. The van der Waals surface area contributed by atoms with Crippen LogP contribution in [0.2, 0.25) is 0 Å². The van der Waals surface area contributed by atoms with Gasteiger partial charge in [0.25, 0.3) is 0 Å². The number of hydrogen-bond donors (Lipinski definition) is 0. The van der Waals surface area contributed by atoms with Crippen molar-refractivity contribution < 1.29 is 9.47 Å². The molecule has 3 aliphatic rings. The first-order valence-corrected chi connectivity index (χ1v) is 9.29. The molecule has 1 unspecified atom stereocenters. The van der Waals surface area contributed by atoms with Crippen LogP contribution < -0.4 is 0 Å². The molecule has 0 spiro atoms. The van der Waals surface area contributed by atoms with Gasteiger partial charge in [0.15, 0.2) is 6.23 Å². The molecular weight excluding hydrogens is 300 g/mol. The van der Waals surface area contributed by atoms with Gasteiger partial charge < -0.3 is 14.4 Å². The SMILES string of the molecule is CN1C=C(CN2CCCC2)OC1c1ccc(C2CCOCC2)cc1. The maximum Gasteiger partial charge on any atom is 0.197 e. The number of nitrogens with zero attached hydrogens (tertiary/aromatic N) is 2. The van der Waals surface area contributed by atoms with Crippen LogP contribution in [0.1, 0.15) is 49.0 Å². The van der Waals surface area contributed by atoms with Crippen molar-refractivity contribution in [3.63, 3.8) is 0 Å². The van der Waals surface area contributed by atoms with Crippen LogP contribution in [0.4, 0.5) is 0 Å².